The van der Waals surface area contributed by atoms with Gasteiger partial charge in [-0.2, -0.15) is 0 Å². The molecule has 0 radical (unpaired) electrons. The Morgan fingerprint density at radius 2 is 1.63 bits per heavy atom. The second kappa shape index (κ2) is 7.20. The van der Waals surface area contributed by atoms with Crippen LogP contribution in [0.2, 0.25) is 5.02 Å². The molecule has 0 spiro atoms. The largest absolute Gasteiger partial charge is 0.350 e. The number of anilines is 1. The molecule has 1 aliphatic rings. The molecule has 0 unspecified atom stereocenters. The number of carbonyl (C=O) groups excluding carboxylic acids is 2. The number of imide groups is 1. The third kappa shape index (κ3) is 3.50. The van der Waals surface area contributed by atoms with Gasteiger partial charge in [-0.1, -0.05) is 41.4 Å². The van der Waals surface area contributed by atoms with E-state index in [1.54, 1.807) is 12.1 Å². The summed E-state index contributed by atoms with van der Waals surface area (Å²) in [5, 5.41) is 3.75. The van der Waals surface area contributed by atoms with E-state index in [1.165, 1.54) is 4.90 Å². The van der Waals surface area contributed by atoms with Gasteiger partial charge in [-0.3, -0.25) is 14.5 Å². The number of halogens is 1. The molecular formula is C22H23ClN2O2. The van der Waals surface area contributed by atoms with Crippen LogP contribution < -0.4 is 5.32 Å². The van der Waals surface area contributed by atoms with Gasteiger partial charge in [0, 0.05) is 16.8 Å². The fraction of sp³-hybridized carbons (Fsp3) is 0.273. The van der Waals surface area contributed by atoms with E-state index in [1.807, 2.05) is 58.9 Å². The molecule has 5 heteroatoms. The first-order valence-corrected chi connectivity index (χ1v) is 9.31. The average molecular weight is 383 g/mol. The van der Waals surface area contributed by atoms with Crippen molar-refractivity contribution in [1.29, 1.82) is 0 Å². The molecular weight excluding hydrogens is 360 g/mol. The van der Waals surface area contributed by atoms with Crippen LogP contribution in [0.15, 0.2) is 42.1 Å². The van der Waals surface area contributed by atoms with Gasteiger partial charge >= 0.3 is 0 Å². The minimum absolute atomic E-state index is 0.231. The molecule has 0 aromatic heterocycles. The van der Waals surface area contributed by atoms with E-state index < -0.39 is 0 Å². The average Bonchev–Trinajstić information content (AvgIpc) is 2.82. The van der Waals surface area contributed by atoms with E-state index in [4.69, 9.17) is 11.6 Å². The molecule has 0 saturated carbocycles. The van der Waals surface area contributed by atoms with E-state index in [-0.39, 0.29) is 17.9 Å². The Balaban J connectivity index is 2.19. The Kier molecular flexibility index (Phi) is 5.11. The van der Waals surface area contributed by atoms with E-state index in [0.29, 0.717) is 22.0 Å². The fourth-order valence-electron chi connectivity index (χ4n) is 3.34. The summed E-state index contributed by atoms with van der Waals surface area (Å²) in [6.45, 7) is 9.55. The van der Waals surface area contributed by atoms with Crippen molar-refractivity contribution in [2.24, 2.45) is 0 Å². The van der Waals surface area contributed by atoms with Crippen LogP contribution in [0.5, 0.6) is 0 Å². The topological polar surface area (TPSA) is 49.4 Å². The third-order valence-electron chi connectivity index (χ3n) is 4.74. The highest BCUT2D eigenvalue weighted by Gasteiger charge is 2.41. The lowest BCUT2D eigenvalue weighted by Crippen LogP contribution is -2.38. The van der Waals surface area contributed by atoms with Crippen molar-refractivity contribution in [3.8, 4) is 0 Å². The molecule has 2 aromatic carbocycles. The molecule has 0 atom stereocenters. The van der Waals surface area contributed by atoms with Crippen LogP contribution >= 0.6 is 11.6 Å². The molecule has 2 amide bonds. The summed E-state index contributed by atoms with van der Waals surface area (Å²) in [5.41, 5.74) is 5.19. The SMILES string of the molecule is Cc1ccc(C2=C(Nc3cc(Cl)ccc3C)C(=O)N(C(C)C)C2=O)c(C)c1. The van der Waals surface area contributed by atoms with Gasteiger partial charge in [-0.15, -0.1) is 0 Å². The maximum Gasteiger partial charge on any atom is 0.278 e. The Morgan fingerprint density at radius 3 is 2.26 bits per heavy atom. The monoisotopic (exact) mass is 382 g/mol. The Labute approximate surface area is 164 Å². The highest BCUT2D eigenvalue weighted by molar-refractivity contribution is 6.37. The van der Waals surface area contributed by atoms with Crippen LogP contribution in [0.1, 0.15) is 36.1 Å². The maximum absolute atomic E-state index is 13.1. The lowest BCUT2D eigenvalue weighted by Gasteiger charge is -2.19. The van der Waals surface area contributed by atoms with Crippen LogP contribution in [0.25, 0.3) is 5.57 Å². The van der Waals surface area contributed by atoms with Gasteiger partial charge in [0.15, 0.2) is 0 Å². The minimum atomic E-state index is -0.315. The van der Waals surface area contributed by atoms with Crippen molar-refractivity contribution in [3.63, 3.8) is 0 Å². The smallest absolute Gasteiger partial charge is 0.278 e. The van der Waals surface area contributed by atoms with Crippen molar-refractivity contribution in [2.75, 3.05) is 5.32 Å². The Hall–Kier alpha value is -2.59. The molecule has 0 aliphatic carbocycles. The molecule has 1 N–H and O–H groups in total. The van der Waals surface area contributed by atoms with Crippen molar-refractivity contribution in [1.82, 2.24) is 4.90 Å². The lowest BCUT2D eigenvalue weighted by atomic mass is 9.97. The van der Waals surface area contributed by atoms with Gasteiger partial charge in [0.25, 0.3) is 11.8 Å². The van der Waals surface area contributed by atoms with Gasteiger partial charge in [-0.05, 0) is 63.4 Å². The molecule has 1 aliphatic heterocycles. The van der Waals surface area contributed by atoms with Crippen molar-refractivity contribution >= 4 is 34.7 Å². The van der Waals surface area contributed by atoms with Crippen LogP contribution in [0, 0.1) is 20.8 Å². The molecule has 2 aromatic rings. The third-order valence-corrected chi connectivity index (χ3v) is 4.98. The first-order valence-electron chi connectivity index (χ1n) is 8.93. The lowest BCUT2D eigenvalue weighted by molar-refractivity contribution is -0.138. The number of amides is 2. The normalized spacial score (nSPS) is 14.6. The summed E-state index contributed by atoms with van der Waals surface area (Å²) < 4.78 is 0. The number of carbonyl (C=O) groups is 2. The van der Waals surface area contributed by atoms with Crippen LogP contribution in [0.3, 0.4) is 0 Å². The standard InChI is InChI=1S/C22H23ClN2O2/c1-12(2)25-21(26)19(17-9-6-13(3)10-15(17)5)20(22(25)27)24-18-11-16(23)8-7-14(18)4/h6-12,24H,1-5H3. The number of nitrogens with zero attached hydrogens (tertiary/aromatic N) is 1. The van der Waals surface area contributed by atoms with Crippen molar-refractivity contribution in [2.45, 2.75) is 40.7 Å². The predicted octanol–water partition coefficient (Wildman–Crippen LogP) is 4.87. The van der Waals surface area contributed by atoms with Crippen molar-refractivity contribution in [3.05, 3.63) is 69.4 Å². The zero-order chi connectivity index (χ0) is 19.9. The highest BCUT2D eigenvalue weighted by atomic mass is 35.5. The van der Waals surface area contributed by atoms with Crippen molar-refractivity contribution < 1.29 is 9.59 Å². The highest BCUT2D eigenvalue weighted by Crippen LogP contribution is 2.34. The molecule has 4 nitrogen and oxygen atoms in total. The summed E-state index contributed by atoms with van der Waals surface area (Å²) >= 11 is 6.12. The summed E-state index contributed by atoms with van der Waals surface area (Å²) in [6.07, 6.45) is 0. The van der Waals surface area contributed by atoms with Gasteiger partial charge in [0.05, 0.1) is 5.57 Å². The second-order valence-electron chi connectivity index (χ2n) is 7.23. The number of hydrogen-bond acceptors (Lipinski definition) is 3. The molecule has 0 bridgehead atoms. The maximum atomic E-state index is 13.1. The Bertz CT molecular complexity index is 976. The molecule has 3 rings (SSSR count). The first-order chi connectivity index (χ1) is 12.7. The predicted molar refractivity (Wildman–Crippen MR) is 110 cm³/mol. The summed E-state index contributed by atoms with van der Waals surface area (Å²) in [6, 6.07) is 11.1. The summed E-state index contributed by atoms with van der Waals surface area (Å²) in [5.74, 6) is -0.589. The molecule has 140 valence electrons. The molecule has 0 saturated heterocycles. The number of rotatable bonds is 4. The van der Waals surface area contributed by atoms with E-state index in [2.05, 4.69) is 5.32 Å². The van der Waals surface area contributed by atoms with Gasteiger partial charge in [0.2, 0.25) is 0 Å². The van der Waals surface area contributed by atoms with E-state index >= 15 is 0 Å². The summed E-state index contributed by atoms with van der Waals surface area (Å²) in [7, 11) is 0. The minimum Gasteiger partial charge on any atom is -0.350 e. The van der Waals surface area contributed by atoms with Gasteiger partial charge in [0.1, 0.15) is 5.70 Å². The first kappa shape index (κ1) is 19.2. The van der Waals surface area contributed by atoms with Gasteiger partial charge < -0.3 is 5.32 Å². The molecule has 27 heavy (non-hydrogen) atoms. The Morgan fingerprint density at radius 1 is 0.926 bits per heavy atom. The van der Waals surface area contributed by atoms with Crippen LogP contribution in [0.4, 0.5) is 5.69 Å². The second-order valence-corrected chi connectivity index (χ2v) is 7.66. The van der Waals surface area contributed by atoms with Crippen LogP contribution in [-0.4, -0.2) is 22.8 Å². The quantitative estimate of drug-likeness (QED) is 0.768. The number of aryl methyl sites for hydroxylation is 3. The fourth-order valence-corrected chi connectivity index (χ4v) is 3.51. The van der Waals surface area contributed by atoms with E-state index in [9.17, 15) is 9.59 Å². The number of nitrogens with one attached hydrogen (secondary N) is 1. The molecule has 0 fully saturated rings. The van der Waals surface area contributed by atoms with Crippen LogP contribution in [-0.2, 0) is 9.59 Å². The zero-order valence-electron chi connectivity index (χ0n) is 16.2. The number of benzene rings is 2. The number of hydrogen-bond donors (Lipinski definition) is 1. The summed E-state index contributed by atoms with van der Waals surface area (Å²) in [4.78, 5) is 27.5. The zero-order valence-corrected chi connectivity index (χ0v) is 16.9. The molecule has 1 heterocycles. The van der Waals surface area contributed by atoms with Gasteiger partial charge in [-0.25, -0.2) is 0 Å². The van der Waals surface area contributed by atoms with E-state index in [0.717, 1.165) is 22.3 Å².